The smallest absolute Gasteiger partial charge is 0.254 e. The lowest BCUT2D eigenvalue weighted by atomic mass is 9.98. The first kappa shape index (κ1) is 16.0. The van der Waals surface area contributed by atoms with Crippen molar-refractivity contribution in [1.29, 1.82) is 0 Å². The molecule has 0 radical (unpaired) electrons. The molecule has 1 saturated heterocycles. The zero-order valence-electron chi connectivity index (χ0n) is 12.2. The summed E-state index contributed by atoms with van der Waals surface area (Å²) < 4.78 is 6.95. The molecule has 1 aliphatic rings. The van der Waals surface area contributed by atoms with Crippen LogP contribution in [0.3, 0.4) is 0 Å². The van der Waals surface area contributed by atoms with E-state index >= 15 is 0 Å². The van der Waals surface area contributed by atoms with Crippen molar-refractivity contribution in [3.8, 4) is 0 Å². The fourth-order valence-corrected chi connectivity index (χ4v) is 3.26. The molecule has 1 amide bonds. The number of amides is 1. The summed E-state index contributed by atoms with van der Waals surface area (Å²) in [5, 5.41) is 0.614. The summed E-state index contributed by atoms with van der Waals surface area (Å²) in [5.74, 6) is 0.00718. The summed E-state index contributed by atoms with van der Waals surface area (Å²) in [5.41, 5.74) is -0.0571. The lowest BCUT2D eigenvalue weighted by Crippen LogP contribution is -2.58. The molecule has 0 saturated carbocycles. The first-order valence-corrected chi connectivity index (χ1v) is 8.00. The first-order valence-electron chi connectivity index (χ1n) is 6.54. The van der Waals surface area contributed by atoms with Gasteiger partial charge in [-0.3, -0.25) is 4.79 Å². The molecule has 1 heterocycles. The van der Waals surface area contributed by atoms with Gasteiger partial charge in [-0.15, -0.1) is 0 Å². The molecule has 1 fully saturated rings. The van der Waals surface area contributed by atoms with Gasteiger partial charge < -0.3 is 9.64 Å². The van der Waals surface area contributed by atoms with E-state index in [2.05, 4.69) is 22.6 Å². The maximum Gasteiger partial charge on any atom is 0.254 e. The Morgan fingerprint density at radius 1 is 1.25 bits per heavy atom. The van der Waals surface area contributed by atoms with Crippen LogP contribution in [-0.4, -0.2) is 35.1 Å². The van der Waals surface area contributed by atoms with E-state index in [1.54, 1.807) is 6.07 Å². The molecular weight excluding hydrogens is 389 g/mol. The van der Waals surface area contributed by atoms with E-state index in [9.17, 15) is 4.79 Å². The number of rotatable bonds is 1. The Morgan fingerprint density at radius 2 is 1.80 bits per heavy atom. The summed E-state index contributed by atoms with van der Waals surface area (Å²) in [7, 11) is 0. The fraction of sp³-hybridized carbons (Fsp3) is 0.533. The number of ether oxygens (including phenoxy) is 1. The molecule has 1 aromatic carbocycles. The highest BCUT2D eigenvalue weighted by atomic mass is 127. The standard InChI is InChI=1S/C15H19ClINO2/c1-14(2)8-18(9-15(3,4)20-14)13(19)10-5-6-12(17)11(16)7-10/h5-7H,8-9H2,1-4H3. The van der Waals surface area contributed by atoms with Crippen LogP contribution in [0.5, 0.6) is 0 Å². The topological polar surface area (TPSA) is 29.5 Å². The minimum absolute atomic E-state index is 0.00718. The second-order valence-corrected chi connectivity index (χ2v) is 7.98. The van der Waals surface area contributed by atoms with Crippen LogP contribution in [0.1, 0.15) is 38.1 Å². The van der Waals surface area contributed by atoms with E-state index in [1.165, 1.54) is 0 Å². The average molecular weight is 408 g/mol. The predicted octanol–water partition coefficient (Wildman–Crippen LogP) is 3.97. The van der Waals surface area contributed by atoms with Crippen molar-refractivity contribution < 1.29 is 9.53 Å². The number of nitrogens with zero attached hydrogens (tertiary/aromatic N) is 1. The maximum atomic E-state index is 12.6. The third kappa shape index (κ3) is 3.65. The summed E-state index contributed by atoms with van der Waals surface area (Å²) in [6, 6.07) is 5.43. The van der Waals surface area contributed by atoms with E-state index in [4.69, 9.17) is 16.3 Å². The second-order valence-electron chi connectivity index (χ2n) is 6.41. The van der Waals surface area contributed by atoms with E-state index in [-0.39, 0.29) is 17.1 Å². The second kappa shape index (κ2) is 5.46. The Bertz CT molecular complexity index is 527. The van der Waals surface area contributed by atoms with Gasteiger partial charge in [0.05, 0.1) is 16.2 Å². The Hall–Kier alpha value is -0.330. The van der Waals surface area contributed by atoms with Crippen molar-refractivity contribution in [3.63, 3.8) is 0 Å². The maximum absolute atomic E-state index is 12.6. The van der Waals surface area contributed by atoms with Gasteiger partial charge in [0.1, 0.15) is 0 Å². The van der Waals surface area contributed by atoms with Gasteiger partial charge in [-0.1, -0.05) is 11.6 Å². The molecule has 0 aliphatic carbocycles. The molecule has 5 heteroatoms. The van der Waals surface area contributed by atoms with Gasteiger partial charge >= 0.3 is 0 Å². The number of morpholine rings is 1. The normalized spacial score (nSPS) is 20.8. The van der Waals surface area contributed by atoms with E-state index in [1.807, 2.05) is 44.7 Å². The van der Waals surface area contributed by atoms with Gasteiger partial charge in [-0.05, 0) is 68.5 Å². The minimum Gasteiger partial charge on any atom is -0.366 e. The van der Waals surface area contributed by atoms with Crippen LogP contribution in [0, 0.1) is 3.57 Å². The Balaban J connectivity index is 2.26. The van der Waals surface area contributed by atoms with Gasteiger partial charge in [0, 0.05) is 22.2 Å². The van der Waals surface area contributed by atoms with Crippen molar-refractivity contribution >= 4 is 40.1 Å². The highest BCUT2D eigenvalue weighted by Crippen LogP contribution is 2.29. The van der Waals surface area contributed by atoms with Crippen LogP contribution < -0.4 is 0 Å². The molecule has 0 atom stereocenters. The molecule has 0 aromatic heterocycles. The number of hydrogen-bond donors (Lipinski definition) is 0. The van der Waals surface area contributed by atoms with Crippen LogP contribution in [0.2, 0.25) is 5.02 Å². The Kier molecular flexibility index (Phi) is 4.38. The summed E-state index contributed by atoms with van der Waals surface area (Å²) in [4.78, 5) is 14.5. The summed E-state index contributed by atoms with van der Waals surface area (Å²) in [6.07, 6.45) is 0. The monoisotopic (exact) mass is 407 g/mol. The van der Waals surface area contributed by atoms with Crippen molar-refractivity contribution in [2.75, 3.05) is 13.1 Å². The molecule has 20 heavy (non-hydrogen) atoms. The fourth-order valence-electron chi connectivity index (χ4n) is 2.74. The molecule has 3 nitrogen and oxygen atoms in total. The lowest BCUT2D eigenvalue weighted by molar-refractivity contribution is -0.171. The van der Waals surface area contributed by atoms with Gasteiger partial charge in [0.15, 0.2) is 0 Å². The molecular formula is C15H19ClINO2. The number of hydrogen-bond acceptors (Lipinski definition) is 2. The third-order valence-corrected chi connectivity index (χ3v) is 4.72. The van der Waals surface area contributed by atoms with E-state index in [0.717, 1.165) is 3.57 Å². The molecule has 2 rings (SSSR count). The molecule has 1 aromatic rings. The SMILES string of the molecule is CC1(C)CN(C(=O)c2ccc(I)c(Cl)c2)CC(C)(C)O1. The van der Waals surface area contributed by atoms with E-state index in [0.29, 0.717) is 23.7 Å². The molecule has 0 N–H and O–H groups in total. The highest BCUT2D eigenvalue weighted by molar-refractivity contribution is 14.1. The largest absolute Gasteiger partial charge is 0.366 e. The number of carbonyl (C=O) groups is 1. The van der Waals surface area contributed by atoms with Gasteiger partial charge in [-0.2, -0.15) is 0 Å². The first-order chi connectivity index (χ1) is 9.10. The predicted molar refractivity (Wildman–Crippen MR) is 89.3 cm³/mol. The summed E-state index contributed by atoms with van der Waals surface area (Å²) in [6.45, 7) is 9.20. The molecule has 0 spiro atoms. The van der Waals surface area contributed by atoms with Crippen molar-refractivity contribution in [3.05, 3.63) is 32.4 Å². The Morgan fingerprint density at radius 3 is 2.30 bits per heavy atom. The Labute approximate surface area is 138 Å². The zero-order chi connectivity index (χ0) is 15.1. The minimum atomic E-state index is -0.343. The van der Waals surface area contributed by atoms with Gasteiger partial charge in [0.25, 0.3) is 5.91 Å². The number of carbonyl (C=O) groups excluding carboxylic acids is 1. The van der Waals surface area contributed by atoms with E-state index < -0.39 is 0 Å². The van der Waals surface area contributed by atoms with Crippen LogP contribution >= 0.6 is 34.2 Å². The van der Waals surface area contributed by atoms with Crippen LogP contribution in [0.15, 0.2) is 18.2 Å². The van der Waals surface area contributed by atoms with Crippen molar-refractivity contribution in [1.82, 2.24) is 4.90 Å². The quantitative estimate of drug-likeness (QED) is 0.659. The molecule has 1 aliphatic heterocycles. The number of benzene rings is 1. The number of halogens is 2. The van der Waals surface area contributed by atoms with Crippen molar-refractivity contribution in [2.24, 2.45) is 0 Å². The van der Waals surface area contributed by atoms with Crippen molar-refractivity contribution in [2.45, 2.75) is 38.9 Å². The van der Waals surface area contributed by atoms with Gasteiger partial charge in [0.2, 0.25) is 0 Å². The van der Waals surface area contributed by atoms with Crippen LogP contribution in [0.25, 0.3) is 0 Å². The molecule has 0 unspecified atom stereocenters. The van der Waals surface area contributed by atoms with Crippen LogP contribution in [0.4, 0.5) is 0 Å². The highest BCUT2D eigenvalue weighted by Gasteiger charge is 2.40. The summed E-state index contributed by atoms with van der Waals surface area (Å²) >= 11 is 8.26. The average Bonchev–Trinajstić information content (AvgIpc) is 2.27. The third-order valence-electron chi connectivity index (χ3n) is 3.15. The molecule has 110 valence electrons. The van der Waals surface area contributed by atoms with Crippen LogP contribution in [-0.2, 0) is 4.74 Å². The lowest BCUT2D eigenvalue weighted by Gasteiger charge is -2.47. The zero-order valence-corrected chi connectivity index (χ0v) is 15.1. The molecule has 0 bridgehead atoms. The van der Waals surface area contributed by atoms with Gasteiger partial charge in [-0.25, -0.2) is 0 Å².